The Morgan fingerprint density at radius 2 is 1.52 bits per heavy atom. The molecule has 4 nitrogen and oxygen atoms in total. The third-order valence-electron chi connectivity index (χ3n) is 3.33. The summed E-state index contributed by atoms with van der Waals surface area (Å²) in [5.74, 6) is 7.95. The van der Waals surface area contributed by atoms with Crippen molar-refractivity contribution in [3.8, 4) is 29.1 Å². The zero-order chi connectivity index (χ0) is 16.8. The predicted molar refractivity (Wildman–Crippen MR) is 88.5 cm³/mol. The quantitative estimate of drug-likeness (QED) is 0.642. The summed E-state index contributed by atoms with van der Waals surface area (Å²) in [5, 5.41) is 0. The molecule has 0 N–H and O–H groups in total. The second-order valence-corrected chi connectivity index (χ2v) is 4.79. The molecular weight excluding hydrogens is 292 g/mol. The van der Waals surface area contributed by atoms with E-state index in [2.05, 4.69) is 11.8 Å². The first-order valence-electron chi connectivity index (χ1n) is 7.02. The highest BCUT2D eigenvalue weighted by Crippen LogP contribution is 2.27. The highest BCUT2D eigenvalue weighted by Gasteiger charge is 2.06. The molecule has 0 saturated carbocycles. The molecule has 2 aromatic rings. The Kier molecular flexibility index (Phi) is 5.27. The number of carbonyl (C=O) groups is 1. The number of rotatable bonds is 4. The lowest BCUT2D eigenvalue weighted by Gasteiger charge is -2.07. The average Bonchev–Trinajstić information content (AvgIpc) is 2.59. The number of hydrogen-bond acceptors (Lipinski definition) is 4. The first kappa shape index (κ1) is 16.4. The largest absolute Gasteiger partial charge is 0.495 e. The fourth-order valence-corrected chi connectivity index (χ4v) is 2.07. The fourth-order valence-electron chi connectivity index (χ4n) is 2.07. The van der Waals surface area contributed by atoms with Crippen LogP contribution in [-0.4, -0.2) is 27.1 Å². The van der Waals surface area contributed by atoms with Crippen LogP contribution in [0, 0.1) is 11.8 Å². The Labute approximate surface area is 136 Å². The number of methoxy groups -OCH3 is 3. The van der Waals surface area contributed by atoms with Crippen molar-refractivity contribution in [2.24, 2.45) is 0 Å². The zero-order valence-electron chi connectivity index (χ0n) is 13.6. The summed E-state index contributed by atoms with van der Waals surface area (Å²) in [5.41, 5.74) is 2.10. The molecule has 2 aromatic carbocycles. The summed E-state index contributed by atoms with van der Waals surface area (Å²) in [6, 6.07) is 10.7. The second kappa shape index (κ2) is 7.37. The van der Waals surface area contributed by atoms with Crippen molar-refractivity contribution in [1.82, 2.24) is 0 Å². The monoisotopic (exact) mass is 310 g/mol. The van der Waals surface area contributed by atoms with Gasteiger partial charge in [-0.15, -0.1) is 0 Å². The van der Waals surface area contributed by atoms with Gasteiger partial charge in [0.2, 0.25) is 0 Å². The number of ether oxygens (including phenoxy) is 3. The Balaban J connectivity index is 2.37. The maximum Gasteiger partial charge on any atom is 0.161 e. The molecule has 4 heteroatoms. The van der Waals surface area contributed by atoms with Crippen LogP contribution < -0.4 is 14.2 Å². The van der Waals surface area contributed by atoms with Crippen LogP contribution in [0.5, 0.6) is 17.2 Å². The molecule has 2 rings (SSSR count). The number of benzene rings is 2. The summed E-state index contributed by atoms with van der Waals surface area (Å²) in [4.78, 5) is 11.4. The van der Waals surface area contributed by atoms with Gasteiger partial charge in [0.05, 0.1) is 26.9 Å². The van der Waals surface area contributed by atoms with Crippen LogP contribution in [0.4, 0.5) is 0 Å². The molecule has 118 valence electrons. The Morgan fingerprint density at radius 3 is 2.13 bits per heavy atom. The minimum absolute atomic E-state index is 0.0114. The van der Waals surface area contributed by atoms with Crippen molar-refractivity contribution >= 4 is 5.78 Å². The minimum Gasteiger partial charge on any atom is -0.495 e. The lowest BCUT2D eigenvalue weighted by Crippen LogP contribution is -1.95. The smallest absolute Gasteiger partial charge is 0.161 e. The number of Topliss-reactive ketones (excluding diaryl/α,β-unsaturated/α-hetero) is 1. The minimum atomic E-state index is -0.0114. The molecular formula is C19H18O4. The molecule has 0 aliphatic carbocycles. The van der Waals surface area contributed by atoms with E-state index in [0.717, 1.165) is 5.56 Å². The maximum atomic E-state index is 11.4. The molecule has 0 unspecified atom stereocenters. The second-order valence-electron chi connectivity index (χ2n) is 4.79. The summed E-state index contributed by atoms with van der Waals surface area (Å²) in [6.45, 7) is 1.52. The van der Waals surface area contributed by atoms with Crippen LogP contribution in [-0.2, 0) is 0 Å². The summed E-state index contributed by atoms with van der Waals surface area (Å²) >= 11 is 0. The SMILES string of the molecule is COc1cc(C(C)=O)ccc1C#Cc1ccc(OC)c(OC)c1. The van der Waals surface area contributed by atoms with E-state index in [1.54, 1.807) is 45.6 Å². The van der Waals surface area contributed by atoms with Crippen molar-refractivity contribution < 1.29 is 19.0 Å². The highest BCUT2D eigenvalue weighted by atomic mass is 16.5. The molecule has 0 aliphatic heterocycles. The van der Waals surface area contributed by atoms with Crippen molar-refractivity contribution in [3.05, 3.63) is 53.1 Å². The first-order valence-corrected chi connectivity index (χ1v) is 7.02. The van der Waals surface area contributed by atoms with Crippen LogP contribution in [0.1, 0.15) is 28.4 Å². The lowest BCUT2D eigenvalue weighted by molar-refractivity contribution is 0.101. The predicted octanol–water partition coefficient (Wildman–Crippen LogP) is 3.31. The van der Waals surface area contributed by atoms with Gasteiger partial charge in [-0.25, -0.2) is 0 Å². The maximum absolute atomic E-state index is 11.4. The summed E-state index contributed by atoms with van der Waals surface area (Å²) in [7, 11) is 4.73. The third-order valence-corrected chi connectivity index (χ3v) is 3.33. The van der Waals surface area contributed by atoms with E-state index in [1.807, 2.05) is 12.1 Å². The van der Waals surface area contributed by atoms with Crippen LogP contribution in [0.2, 0.25) is 0 Å². The zero-order valence-corrected chi connectivity index (χ0v) is 13.6. The fraction of sp³-hybridized carbons (Fsp3) is 0.211. The van der Waals surface area contributed by atoms with Crippen LogP contribution >= 0.6 is 0 Å². The molecule has 0 fully saturated rings. The molecule has 0 aromatic heterocycles. The number of hydrogen-bond donors (Lipinski definition) is 0. The topological polar surface area (TPSA) is 44.8 Å². The summed E-state index contributed by atoms with van der Waals surface area (Å²) < 4.78 is 15.8. The molecule has 0 bridgehead atoms. The van der Waals surface area contributed by atoms with Gasteiger partial charge in [-0.1, -0.05) is 11.8 Å². The van der Waals surface area contributed by atoms with Crippen LogP contribution in [0.25, 0.3) is 0 Å². The van der Waals surface area contributed by atoms with E-state index in [1.165, 1.54) is 6.92 Å². The average molecular weight is 310 g/mol. The van der Waals surface area contributed by atoms with E-state index in [9.17, 15) is 4.79 Å². The van der Waals surface area contributed by atoms with Crippen molar-refractivity contribution in [1.29, 1.82) is 0 Å². The molecule has 0 spiro atoms. The van der Waals surface area contributed by atoms with Crippen molar-refractivity contribution in [3.63, 3.8) is 0 Å². The van der Waals surface area contributed by atoms with Gasteiger partial charge in [0.25, 0.3) is 0 Å². The van der Waals surface area contributed by atoms with Gasteiger partial charge < -0.3 is 14.2 Å². The Hall–Kier alpha value is -2.93. The van der Waals surface area contributed by atoms with Gasteiger partial charge in [0, 0.05) is 11.1 Å². The number of carbonyl (C=O) groups excluding carboxylic acids is 1. The molecule has 0 amide bonds. The van der Waals surface area contributed by atoms with Crippen LogP contribution in [0.3, 0.4) is 0 Å². The van der Waals surface area contributed by atoms with Crippen molar-refractivity contribution in [2.45, 2.75) is 6.92 Å². The highest BCUT2D eigenvalue weighted by molar-refractivity contribution is 5.94. The summed E-state index contributed by atoms with van der Waals surface area (Å²) in [6.07, 6.45) is 0. The molecule has 0 radical (unpaired) electrons. The van der Waals surface area contributed by atoms with E-state index >= 15 is 0 Å². The molecule has 0 heterocycles. The van der Waals surface area contributed by atoms with Gasteiger partial charge in [0.15, 0.2) is 17.3 Å². The molecule has 0 saturated heterocycles. The standard InChI is InChI=1S/C19H18O4/c1-13(20)16-9-8-15(18(12-16)22-3)7-5-14-6-10-17(21-2)19(11-14)23-4/h6,8-12H,1-4H3. The van der Waals surface area contributed by atoms with Crippen molar-refractivity contribution in [2.75, 3.05) is 21.3 Å². The lowest BCUT2D eigenvalue weighted by atomic mass is 10.1. The van der Waals surface area contributed by atoms with Crippen LogP contribution in [0.15, 0.2) is 36.4 Å². The van der Waals surface area contributed by atoms with E-state index in [0.29, 0.717) is 28.4 Å². The normalized spacial score (nSPS) is 9.57. The van der Waals surface area contributed by atoms with E-state index in [-0.39, 0.29) is 5.78 Å². The van der Waals surface area contributed by atoms with E-state index < -0.39 is 0 Å². The number of ketones is 1. The van der Waals surface area contributed by atoms with Gasteiger partial charge in [-0.2, -0.15) is 0 Å². The van der Waals surface area contributed by atoms with Gasteiger partial charge in [-0.3, -0.25) is 4.79 Å². The van der Waals surface area contributed by atoms with E-state index in [4.69, 9.17) is 14.2 Å². The first-order chi connectivity index (χ1) is 11.1. The molecule has 23 heavy (non-hydrogen) atoms. The van der Waals surface area contributed by atoms with Gasteiger partial charge >= 0.3 is 0 Å². The van der Waals surface area contributed by atoms with Gasteiger partial charge in [0.1, 0.15) is 5.75 Å². The Bertz CT molecular complexity index is 782. The Morgan fingerprint density at radius 1 is 0.826 bits per heavy atom. The molecule has 0 aliphatic rings. The third kappa shape index (κ3) is 3.83. The van der Waals surface area contributed by atoms with Gasteiger partial charge in [-0.05, 0) is 43.3 Å². The molecule has 0 atom stereocenters.